The van der Waals surface area contributed by atoms with Gasteiger partial charge in [-0.1, -0.05) is 6.42 Å². The van der Waals surface area contributed by atoms with Crippen molar-refractivity contribution in [2.45, 2.75) is 57.5 Å². The first-order chi connectivity index (χ1) is 8.29. The molecule has 0 radical (unpaired) electrons. The number of aliphatic hydroxyl groups is 1. The Balaban J connectivity index is 1.70. The van der Waals surface area contributed by atoms with E-state index in [2.05, 4.69) is 17.1 Å². The summed E-state index contributed by atoms with van der Waals surface area (Å²) in [7, 11) is 0. The second-order valence-corrected chi connectivity index (χ2v) is 5.89. The van der Waals surface area contributed by atoms with Gasteiger partial charge < -0.3 is 15.3 Å². The molecule has 0 aromatic rings. The summed E-state index contributed by atoms with van der Waals surface area (Å²) in [4.78, 5) is 2.61. The standard InChI is InChI=1S/C14H28N2O/c1-12(10-14-4-2-3-7-15-14)16-8-5-13(11-17)6-9-16/h12-15,17H,2-11H2,1H3. The Bertz CT molecular complexity index is 208. The minimum absolute atomic E-state index is 0.381. The monoisotopic (exact) mass is 240 g/mol. The van der Waals surface area contributed by atoms with Gasteiger partial charge in [0, 0.05) is 18.7 Å². The van der Waals surface area contributed by atoms with Crippen LogP contribution in [0.5, 0.6) is 0 Å². The number of hydrogen-bond donors (Lipinski definition) is 2. The van der Waals surface area contributed by atoms with Gasteiger partial charge in [-0.25, -0.2) is 0 Å². The summed E-state index contributed by atoms with van der Waals surface area (Å²) in [5.41, 5.74) is 0. The molecule has 0 amide bonds. The molecule has 2 saturated heterocycles. The van der Waals surface area contributed by atoms with Crippen LogP contribution in [0, 0.1) is 5.92 Å². The van der Waals surface area contributed by atoms with Gasteiger partial charge in [-0.05, 0) is 64.6 Å². The van der Waals surface area contributed by atoms with Crippen molar-refractivity contribution in [1.29, 1.82) is 0 Å². The van der Waals surface area contributed by atoms with Gasteiger partial charge in [0.1, 0.15) is 0 Å². The Labute approximate surface area is 106 Å². The lowest BCUT2D eigenvalue weighted by Gasteiger charge is -2.37. The van der Waals surface area contributed by atoms with E-state index >= 15 is 0 Å². The van der Waals surface area contributed by atoms with E-state index in [1.54, 1.807) is 0 Å². The molecule has 2 N–H and O–H groups in total. The van der Waals surface area contributed by atoms with Crippen LogP contribution in [-0.4, -0.2) is 48.3 Å². The summed E-state index contributed by atoms with van der Waals surface area (Å²) in [6.07, 6.45) is 7.77. The molecular weight excluding hydrogens is 212 g/mol. The molecule has 2 aliphatic heterocycles. The summed E-state index contributed by atoms with van der Waals surface area (Å²) >= 11 is 0. The van der Waals surface area contributed by atoms with Gasteiger partial charge >= 0.3 is 0 Å². The second kappa shape index (κ2) is 6.72. The number of likely N-dealkylation sites (tertiary alicyclic amines) is 1. The van der Waals surface area contributed by atoms with Crippen molar-refractivity contribution < 1.29 is 5.11 Å². The van der Waals surface area contributed by atoms with Gasteiger partial charge in [0.2, 0.25) is 0 Å². The summed E-state index contributed by atoms with van der Waals surface area (Å²) in [6, 6.07) is 1.44. The van der Waals surface area contributed by atoms with E-state index in [9.17, 15) is 0 Å². The first-order valence-electron chi connectivity index (χ1n) is 7.38. The predicted octanol–water partition coefficient (Wildman–Crippen LogP) is 1.61. The zero-order valence-electron chi connectivity index (χ0n) is 11.2. The maximum atomic E-state index is 9.15. The highest BCUT2D eigenvalue weighted by Crippen LogP contribution is 2.21. The molecule has 0 aliphatic carbocycles. The SMILES string of the molecule is CC(CC1CCCCN1)N1CCC(CO)CC1. The fourth-order valence-electron chi connectivity index (χ4n) is 3.26. The molecule has 2 unspecified atom stereocenters. The number of aliphatic hydroxyl groups excluding tert-OH is 1. The summed E-state index contributed by atoms with van der Waals surface area (Å²) in [5.74, 6) is 0.561. The van der Waals surface area contributed by atoms with Crippen LogP contribution in [0.2, 0.25) is 0 Å². The average Bonchev–Trinajstić information content (AvgIpc) is 2.40. The molecule has 0 saturated carbocycles. The van der Waals surface area contributed by atoms with Crippen molar-refractivity contribution in [3.63, 3.8) is 0 Å². The lowest BCUT2D eigenvalue weighted by molar-refractivity contribution is 0.0966. The maximum Gasteiger partial charge on any atom is 0.0460 e. The van der Waals surface area contributed by atoms with Crippen molar-refractivity contribution in [3.05, 3.63) is 0 Å². The Kier molecular flexibility index (Phi) is 5.26. The molecule has 0 aromatic carbocycles. The molecule has 0 spiro atoms. The summed E-state index contributed by atoms with van der Waals surface area (Å²) < 4.78 is 0. The maximum absolute atomic E-state index is 9.15. The van der Waals surface area contributed by atoms with Crippen molar-refractivity contribution in [3.8, 4) is 0 Å². The lowest BCUT2D eigenvalue weighted by Crippen LogP contribution is -2.45. The normalized spacial score (nSPS) is 30.4. The van der Waals surface area contributed by atoms with Gasteiger partial charge in [0.05, 0.1) is 0 Å². The number of nitrogens with zero attached hydrogens (tertiary/aromatic N) is 1. The van der Waals surface area contributed by atoms with E-state index in [4.69, 9.17) is 5.11 Å². The third-order valence-electron chi connectivity index (χ3n) is 4.57. The van der Waals surface area contributed by atoms with Gasteiger partial charge in [-0.15, -0.1) is 0 Å². The molecule has 2 atom stereocenters. The Morgan fingerprint density at radius 2 is 2.00 bits per heavy atom. The minimum atomic E-state index is 0.381. The summed E-state index contributed by atoms with van der Waals surface area (Å²) in [5, 5.41) is 12.8. The van der Waals surface area contributed by atoms with Crippen LogP contribution in [-0.2, 0) is 0 Å². The molecule has 0 aromatic heterocycles. The number of piperidine rings is 2. The molecule has 0 bridgehead atoms. The van der Waals surface area contributed by atoms with E-state index in [-0.39, 0.29) is 0 Å². The van der Waals surface area contributed by atoms with E-state index < -0.39 is 0 Å². The first kappa shape index (κ1) is 13.3. The van der Waals surface area contributed by atoms with Crippen molar-refractivity contribution in [1.82, 2.24) is 10.2 Å². The number of hydrogen-bond acceptors (Lipinski definition) is 3. The van der Waals surface area contributed by atoms with Crippen molar-refractivity contribution >= 4 is 0 Å². The molecule has 100 valence electrons. The molecule has 2 rings (SSSR count). The molecule has 3 nitrogen and oxygen atoms in total. The molecule has 2 aliphatic rings. The van der Waals surface area contributed by atoms with Crippen LogP contribution in [0.25, 0.3) is 0 Å². The molecular formula is C14H28N2O. The Morgan fingerprint density at radius 3 is 2.59 bits per heavy atom. The molecule has 17 heavy (non-hydrogen) atoms. The zero-order valence-corrected chi connectivity index (χ0v) is 11.2. The molecule has 2 fully saturated rings. The molecule has 3 heteroatoms. The van der Waals surface area contributed by atoms with Crippen LogP contribution in [0.3, 0.4) is 0 Å². The quantitative estimate of drug-likeness (QED) is 0.784. The van der Waals surface area contributed by atoms with Crippen LogP contribution < -0.4 is 5.32 Å². The van der Waals surface area contributed by atoms with Crippen LogP contribution >= 0.6 is 0 Å². The van der Waals surface area contributed by atoms with Crippen molar-refractivity contribution in [2.24, 2.45) is 5.92 Å². The predicted molar refractivity (Wildman–Crippen MR) is 71.1 cm³/mol. The third-order valence-corrected chi connectivity index (χ3v) is 4.57. The third kappa shape index (κ3) is 3.94. The number of nitrogens with one attached hydrogen (secondary N) is 1. The largest absolute Gasteiger partial charge is 0.396 e. The van der Waals surface area contributed by atoms with E-state index in [0.29, 0.717) is 18.6 Å². The fourth-order valence-corrected chi connectivity index (χ4v) is 3.26. The van der Waals surface area contributed by atoms with Crippen LogP contribution in [0.15, 0.2) is 0 Å². The van der Waals surface area contributed by atoms with E-state index in [1.165, 1.54) is 58.2 Å². The van der Waals surface area contributed by atoms with Gasteiger partial charge in [-0.3, -0.25) is 0 Å². The van der Waals surface area contributed by atoms with Crippen molar-refractivity contribution in [2.75, 3.05) is 26.2 Å². The topological polar surface area (TPSA) is 35.5 Å². The lowest BCUT2D eigenvalue weighted by atomic mass is 9.94. The fraction of sp³-hybridized carbons (Fsp3) is 1.00. The average molecular weight is 240 g/mol. The summed E-state index contributed by atoms with van der Waals surface area (Å²) in [6.45, 7) is 6.32. The highest BCUT2D eigenvalue weighted by molar-refractivity contribution is 4.81. The smallest absolute Gasteiger partial charge is 0.0460 e. The Morgan fingerprint density at radius 1 is 1.24 bits per heavy atom. The van der Waals surface area contributed by atoms with Gasteiger partial charge in [-0.2, -0.15) is 0 Å². The highest BCUT2D eigenvalue weighted by Gasteiger charge is 2.24. The molecule has 2 heterocycles. The Hall–Kier alpha value is -0.120. The number of rotatable bonds is 4. The van der Waals surface area contributed by atoms with Gasteiger partial charge in [0.25, 0.3) is 0 Å². The van der Waals surface area contributed by atoms with Crippen LogP contribution in [0.1, 0.15) is 45.4 Å². The van der Waals surface area contributed by atoms with Gasteiger partial charge in [0.15, 0.2) is 0 Å². The minimum Gasteiger partial charge on any atom is -0.396 e. The second-order valence-electron chi connectivity index (χ2n) is 5.89. The highest BCUT2D eigenvalue weighted by atomic mass is 16.3. The zero-order chi connectivity index (χ0) is 12.1. The van der Waals surface area contributed by atoms with E-state index in [1.807, 2.05) is 0 Å². The first-order valence-corrected chi connectivity index (χ1v) is 7.38. The van der Waals surface area contributed by atoms with E-state index in [0.717, 1.165) is 6.04 Å². The van der Waals surface area contributed by atoms with Crippen LogP contribution in [0.4, 0.5) is 0 Å².